The summed E-state index contributed by atoms with van der Waals surface area (Å²) < 4.78 is 0. The van der Waals surface area contributed by atoms with E-state index in [1.54, 1.807) is 0 Å². The monoisotopic (exact) mass is 359 g/mol. The van der Waals surface area contributed by atoms with Crippen molar-refractivity contribution in [3.8, 4) is 11.3 Å². The number of hydrogen-bond acceptors (Lipinski definition) is 5. The molecule has 0 aliphatic carbocycles. The molecule has 1 aliphatic rings. The Morgan fingerprint density at radius 3 is 2.30 bits per heavy atom. The van der Waals surface area contributed by atoms with Crippen LogP contribution < -0.4 is 10.2 Å². The van der Waals surface area contributed by atoms with Gasteiger partial charge in [-0.05, 0) is 25.6 Å². The minimum Gasteiger partial charge on any atom is -0.354 e. The van der Waals surface area contributed by atoms with E-state index in [-0.39, 0.29) is 0 Å². The Bertz CT molecular complexity index is 902. The van der Waals surface area contributed by atoms with Crippen molar-refractivity contribution in [2.24, 2.45) is 0 Å². The first-order valence-corrected chi connectivity index (χ1v) is 9.40. The predicted molar refractivity (Wildman–Crippen MR) is 112 cm³/mol. The Kier molecular flexibility index (Phi) is 5.03. The van der Waals surface area contributed by atoms with Crippen LogP contribution in [0.5, 0.6) is 0 Å². The summed E-state index contributed by atoms with van der Waals surface area (Å²) in [5.74, 6) is 1.62. The molecule has 1 saturated heterocycles. The van der Waals surface area contributed by atoms with Gasteiger partial charge in [0, 0.05) is 43.5 Å². The van der Waals surface area contributed by atoms with E-state index in [1.165, 1.54) is 5.56 Å². The van der Waals surface area contributed by atoms with Crippen LogP contribution in [0.1, 0.15) is 5.56 Å². The van der Waals surface area contributed by atoms with Crippen molar-refractivity contribution in [1.29, 1.82) is 0 Å². The molecule has 3 aromatic rings. The average molecular weight is 359 g/mol. The second-order valence-electron chi connectivity index (χ2n) is 7.03. The van der Waals surface area contributed by atoms with E-state index in [0.717, 1.165) is 48.9 Å². The van der Waals surface area contributed by atoms with Crippen molar-refractivity contribution >= 4 is 17.5 Å². The van der Waals surface area contributed by atoms with Crippen molar-refractivity contribution in [3.05, 3.63) is 66.2 Å². The molecule has 0 amide bonds. The number of nitrogens with one attached hydrogen (secondary N) is 1. The lowest BCUT2D eigenvalue weighted by atomic mass is 10.1. The van der Waals surface area contributed by atoms with E-state index in [0.29, 0.717) is 5.95 Å². The lowest BCUT2D eigenvalue weighted by Gasteiger charge is -2.33. The quantitative estimate of drug-likeness (QED) is 0.764. The zero-order valence-corrected chi connectivity index (χ0v) is 15.9. The smallest absolute Gasteiger partial charge is 0.229 e. The topological polar surface area (TPSA) is 44.3 Å². The molecule has 0 unspecified atom stereocenters. The zero-order chi connectivity index (χ0) is 18.6. The maximum atomic E-state index is 4.83. The highest BCUT2D eigenvalue weighted by molar-refractivity contribution is 5.67. The number of para-hydroxylation sites is 1. The summed E-state index contributed by atoms with van der Waals surface area (Å²) >= 11 is 0. The van der Waals surface area contributed by atoms with Crippen LogP contribution in [0.3, 0.4) is 0 Å². The molecule has 5 heteroatoms. The van der Waals surface area contributed by atoms with Gasteiger partial charge in [-0.25, -0.2) is 4.98 Å². The molecule has 1 aromatic heterocycles. The van der Waals surface area contributed by atoms with E-state index in [1.807, 2.05) is 30.3 Å². The fourth-order valence-corrected chi connectivity index (χ4v) is 3.28. The Balaban J connectivity index is 1.71. The van der Waals surface area contributed by atoms with Gasteiger partial charge in [-0.1, -0.05) is 48.5 Å². The molecule has 0 atom stereocenters. The van der Waals surface area contributed by atoms with Gasteiger partial charge in [-0.3, -0.25) is 0 Å². The molecule has 0 radical (unpaired) electrons. The van der Waals surface area contributed by atoms with Gasteiger partial charge in [-0.2, -0.15) is 4.98 Å². The largest absolute Gasteiger partial charge is 0.354 e. The fourth-order valence-electron chi connectivity index (χ4n) is 3.28. The van der Waals surface area contributed by atoms with E-state index in [9.17, 15) is 0 Å². The molecule has 0 bridgehead atoms. The highest BCUT2D eigenvalue weighted by atomic mass is 15.3. The van der Waals surface area contributed by atoms with Gasteiger partial charge in [-0.15, -0.1) is 0 Å². The number of benzene rings is 2. The highest BCUT2D eigenvalue weighted by Crippen LogP contribution is 2.26. The van der Waals surface area contributed by atoms with E-state index in [2.05, 4.69) is 59.4 Å². The summed E-state index contributed by atoms with van der Waals surface area (Å²) in [6.45, 7) is 6.14. The third-order valence-electron chi connectivity index (χ3n) is 5.00. The summed E-state index contributed by atoms with van der Waals surface area (Å²) in [6, 6.07) is 20.6. The highest BCUT2D eigenvalue weighted by Gasteiger charge is 2.18. The van der Waals surface area contributed by atoms with Gasteiger partial charge in [0.25, 0.3) is 0 Å². The van der Waals surface area contributed by atoms with E-state index < -0.39 is 0 Å². The van der Waals surface area contributed by atoms with E-state index >= 15 is 0 Å². The number of aryl methyl sites for hydroxylation is 1. The van der Waals surface area contributed by atoms with Crippen molar-refractivity contribution < 1.29 is 0 Å². The van der Waals surface area contributed by atoms with E-state index in [4.69, 9.17) is 9.97 Å². The average Bonchev–Trinajstić information content (AvgIpc) is 2.71. The number of hydrogen-bond donors (Lipinski definition) is 1. The van der Waals surface area contributed by atoms with Gasteiger partial charge in [0.2, 0.25) is 5.95 Å². The molecule has 1 N–H and O–H groups in total. The number of anilines is 3. The molecule has 4 rings (SSSR count). The minimum absolute atomic E-state index is 0.639. The Morgan fingerprint density at radius 2 is 1.56 bits per heavy atom. The minimum atomic E-state index is 0.639. The first-order valence-electron chi connectivity index (χ1n) is 9.40. The SMILES string of the molecule is Cc1ccccc1Nc1nc(-c2ccccc2)cc(N2CCN(C)CC2)n1. The van der Waals surface area contributed by atoms with Crippen LogP contribution in [0.25, 0.3) is 11.3 Å². The third-order valence-corrected chi connectivity index (χ3v) is 5.00. The van der Waals surface area contributed by atoms with Crippen molar-refractivity contribution in [1.82, 2.24) is 14.9 Å². The standard InChI is InChI=1S/C22H25N5/c1-17-8-6-7-11-19(17)23-22-24-20(18-9-4-3-5-10-18)16-21(25-22)27-14-12-26(2)13-15-27/h3-11,16H,12-15H2,1-2H3,(H,23,24,25). The van der Waals surface area contributed by atoms with Gasteiger partial charge >= 0.3 is 0 Å². The number of rotatable bonds is 4. The molecule has 2 aromatic carbocycles. The number of nitrogens with zero attached hydrogens (tertiary/aromatic N) is 4. The first-order chi connectivity index (χ1) is 13.2. The first kappa shape index (κ1) is 17.5. The van der Waals surface area contributed by atoms with Crippen molar-refractivity contribution in [2.75, 3.05) is 43.4 Å². The molecular formula is C22H25N5. The Labute approximate surface area is 160 Å². The van der Waals surface area contributed by atoms with Crippen molar-refractivity contribution in [3.63, 3.8) is 0 Å². The summed E-state index contributed by atoms with van der Waals surface area (Å²) in [5.41, 5.74) is 4.25. The van der Waals surface area contributed by atoms with Gasteiger partial charge in [0.1, 0.15) is 5.82 Å². The van der Waals surface area contributed by atoms with Crippen LogP contribution >= 0.6 is 0 Å². The van der Waals surface area contributed by atoms with Crippen LogP contribution in [0.2, 0.25) is 0 Å². The maximum absolute atomic E-state index is 4.83. The normalized spacial score (nSPS) is 15.0. The molecular weight excluding hydrogens is 334 g/mol. The summed E-state index contributed by atoms with van der Waals surface area (Å²) in [7, 11) is 2.16. The fraction of sp³-hybridized carbons (Fsp3) is 0.273. The van der Waals surface area contributed by atoms with Crippen molar-refractivity contribution in [2.45, 2.75) is 6.92 Å². The number of piperazine rings is 1. The van der Waals surface area contributed by atoms with Crippen LogP contribution in [-0.2, 0) is 0 Å². The summed E-state index contributed by atoms with van der Waals surface area (Å²) in [5, 5.41) is 3.41. The second kappa shape index (κ2) is 7.76. The molecule has 5 nitrogen and oxygen atoms in total. The zero-order valence-electron chi connectivity index (χ0n) is 15.9. The molecule has 2 heterocycles. The molecule has 27 heavy (non-hydrogen) atoms. The van der Waals surface area contributed by atoms with Crippen LogP contribution in [0.4, 0.5) is 17.5 Å². The van der Waals surface area contributed by atoms with Crippen LogP contribution in [-0.4, -0.2) is 48.1 Å². The Hall–Kier alpha value is -2.92. The second-order valence-corrected chi connectivity index (χ2v) is 7.03. The lowest BCUT2D eigenvalue weighted by Crippen LogP contribution is -2.44. The molecule has 138 valence electrons. The van der Waals surface area contributed by atoms with Gasteiger partial charge in [0.15, 0.2) is 0 Å². The third kappa shape index (κ3) is 4.09. The predicted octanol–water partition coefficient (Wildman–Crippen LogP) is 3.95. The molecule has 1 fully saturated rings. The number of aromatic nitrogens is 2. The van der Waals surface area contributed by atoms with Crippen LogP contribution in [0.15, 0.2) is 60.7 Å². The molecule has 0 spiro atoms. The Morgan fingerprint density at radius 1 is 0.852 bits per heavy atom. The molecule has 0 saturated carbocycles. The lowest BCUT2D eigenvalue weighted by molar-refractivity contribution is 0.312. The van der Waals surface area contributed by atoms with Gasteiger partial charge < -0.3 is 15.1 Å². The summed E-state index contributed by atoms with van der Waals surface area (Å²) in [6.07, 6.45) is 0. The van der Waals surface area contributed by atoms with Crippen LogP contribution in [0, 0.1) is 6.92 Å². The number of likely N-dealkylation sites (N-methyl/N-ethyl adjacent to an activating group) is 1. The maximum Gasteiger partial charge on any atom is 0.229 e. The van der Waals surface area contributed by atoms with Gasteiger partial charge in [0.05, 0.1) is 5.69 Å². The molecule has 1 aliphatic heterocycles. The summed E-state index contributed by atoms with van der Waals surface area (Å²) in [4.78, 5) is 14.3.